The molecule has 180 valence electrons. The van der Waals surface area contributed by atoms with Crippen LogP contribution in [0.3, 0.4) is 0 Å². The second kappa shape index (κ2) is 10.1. The van der Waals surface area contributed by atoms with E-state index in [1.807, 2.05) is 24.3 Å². The van der Waals surface area contributed by atoms with Crippen molar-refractivity contribution < 1.29 is 26.3 Å². The fourth-order valence-electron chi connectivity index (χ4n) is 4.25. The van der Waals surface area contributed by atoms with Crippen molar-refractivity contribution in [2.45, 2.75) is 48.1 Å². The van der Waals surface area contributed by atoms with Gasteiger partial charge in [0.1, 0.15) is 5.75 Å². The van der Waals surface area contributed by atoms with E-state index in [4.69, 9.17) is 9.47 Å². The van der Waals surface area contributed by atoms with E-state index < -0.39 is 20.0 Å². The predicted octanol–water partition coefficient (Wildman–Crippen LogP) is 2.85. The second-order valence-electron chi connectivity index (χ2n) is 8.37. The minimum absolute atomic E-state index is 0.0590. The summed E-state index contributed by atoms with van der Waals surface area (Å²) >= 11 is 0. The number of benzene rings is 2. The van der Waals surface area contributed by atoms with Crippen LogP contribution < -0.4 is 4.74 Å². The SMILES string of the molecule is COc1cccc(CN(C[C@@H]2CCCO2)S(=O)(=O)c2ccc(S(=O)(=O)N3CCCC3)cc2)c1. The van der Waals surface area contributed by atoms with Gasteiger partial charge in [-0.15, -0.1) is 0 Å². The molecule has 0 amide bonds. The molecule has 33 heavy (non-hydrogen) atoms. The number of ether oxygens (including phenoxy) is 2. The molecule has 10 heteroatoms. The van der Waals surface area contributed by atoms with Crippen molar-refractivity contribution in [1.82, 2.24) is 8.61 Å². The molecule has 0 aliphatic carbocycles. The van der Waals surface area contributed by atoms with E-state index in [1.165, 1.54) is 32.9 Å². The number of sulfonamides is 2. The number of nitrogens with zero attached hydrogens (tertiary/aromatic N) is 2. The topological polar surface area (TPSA) is 93.2 Å². The zero-order valence-electron chi connectivity index (χ0n) is 18.7. The van der Waals surface area contributed by atoms with E-state index in [0.29, 0.717) is 25.4 Å². The first-order chi connectivity index (χ1) is 15.8. The highest BCUT2D eigenvalue weighted by molar-refractivity contribution is 7.89. The Morgan fingerprint density at radius 2 is 1.70 bits per heavy atom. The average Bonchev–Trinajstić information content (AvgIpc) is 3.54. The van der Waals surface area contributed by atoms with Crippen LogP contribution in [0.4, 0.5) is 0 Å². The van der Waals surface area contributed by atoms with Crippen LogP contribution in [0.5, 0.6) is 5.75 Å². The molecule has 0 saturated carbocycles. The Labute approximate surface area is 196 Å². The zero-order chi connectivity index (χ0) is 23.5. The molecule has 8 nitrogen and oxygen atoms in total. The predicted molar refractivity (Wildman–Crippen MR) is 124 cm³/mol. The van der Waals surface area contributed by atoms with Gasteiger partial charge in [0.25, 0.3) is 0 Å². The lowest BCUT2D eigenvalue weighted by Crippen LogP contribution is -2.37. The number of hydrogen-bond acceptors (Lipinski definition) is 6. The molecule has 2 aliphatic rings. The van der Waals surface area contributed by atoms with Crippen molar-refractivity contribution in [3.63, 3.8) is 0 Å². The quantitative estimate of drug-likeness (QED) is 0.532. The summed E-state index contributed by atoms with van der Waals surface area (Å²) in [5, 5.41) is 0. The van der Waals surface area contributed by atoms with Crippen LogP contribution >= 0.6 is 0 Å². The first-order valence-electron chi connectivity index (χ1n) is 11.2. The molecule has 0 bridgehead atoms. The molecule has 0 spiro atoms. The van der Waals surface area contributed by atoms with Gasteiger partial charge in [0.15, 0.2) is 0 Å². The molecule has 0 radical (unpaired) electrons. The van der Waals surface area contributed by atoms with Gasteiger partial charge < -0.3 is 9.47 Å². The second-order valence-corrected chi connectivity index (χ2v) is 12.2. The summed E-state index contributed by atoms with van der Waals surface area (Å²) in [4.78, 5) is 0.172. The van der Waals surface area contributed by atoms with Crippen LogP contribution in [0.15, 0.2) is 58.3 Å². The Hall–Kier alpha value is -1.98. The summed E-state index contributed by atoms with van der Waals surface area (Å²) < 4.78 is 66.6. The number of methoxy groups -OCH3 is 1. The summed E-state index contributed by atoms with van der Waals surface area (Å²) in [7, 11) is -5.92. The highest BCUT2D eigenvalue weighted by Crippen LogP contribution is 2.26. The molecular formula is C23H30N2O6S2. The van der Waals surface area contributed by atoms with Crippen molar-refractivity contribution in [2.24, 2.45) is 0 Å². The summed E-state index contributed by atoms with van der Waals surface area (Å²) in [5.74, 6) is 0.651. The van der Waals surface area contributed by atoms with Crippen LogP contribution in [0.25, 0.3) is 0 Å². The average molecular weight is 495 g/mol. The number of rotatable bonds is 9. The van der Waals surface area contributed by atoms with Crippen LogP contribution in [0, 0.1) is 0 Å². The molecule has 2 aromatic rings. The van der Waals surface area contributed by atoms with Gasteiger partial charge in [0, 0.05) is 32.8 Å². The monoisotopic (exact) mass is 494 g/mol. The highest BCUT2D eigenvalue weighted by atomic mass is 32.2. The van der Waals surface area contributed by atoms with Gasteiger partial charge in [0.05, 0.1) is 23.0 Å². The molecule has 2 aliphatic heterocycles. The fourth-order valence-corrected chi connectivity index (χ4v) is 7.22. The van der Waals surface area contributed by atoms with Crippen molar-refractivity contribution in [1.29, 1.82) is 0 Å². The van der Waals surface area contributed by atoms with E-state index in [2.05, 4.69) is 0 Å². The summed E-state index contributed by atoms with van der Waals surface area (Å²) in [6.07, 6.45) is 3.22. The maximum absolute atomic E-state index is 13.6. The van der Waals surface area contributed by atoms with Crippen molar-refractivity contribution >= 4 is 20.0 Å². The van der Waals surface area contributed by atoms with E-state index in [-0.39, 0.29) is 29.0 Å². The fraction of sp³-hybridized carbons (Fsp3) is 0.478. The summed E-state index contributed by atoms with van der Waals surface area (Å²) in [6, 6.07) is 12.8. The molecule has 0 aromatic heterocycles. The van der Waals surface area contributed by atoms with Gasteiger partial charge in [-0.25, -0.2) is 16.8 Å². The van der Waals surface area contributed by atoms with Crippen molar-refractivity contribution in [3.05, 3.63) is 54.1 Å². The lowest BCUT2D eigenvalue weighted by Gasteiger charge is -2.25. The molecule has 4 rings (SSSR count). The molecule has 1 atom stereocenters. The minimum Gasteiger partial charge on any atom is -0.497 e. The third kappa shape index (κ3) is 5.41. The van der Waals surface area contributed by atoms with Gasteiger partial charge in [-0.05, 0) is 67.6 Å². The maximum atomic E-state index is 13.6. The zero-order valence-corrected chi connectivity index (χ0v) is 20.4. The first-order valence-corrected chi connectivity index (χ1v) is 14.0. The van der Waals surface area contributed by atoms with Gasteiger partial charge in [0.2, 0.25) is 20.0 Å². The largest absolute Gasteiger partial charge is 0.497 e. The Morgan fingerprint density at radius 1 is 1.00 bits per heavy atom. The van der Waals surface area contributed by atoms with Crippen LogP contribution in [-0.2, 0) is 31.3 Å². The van der Waals surface area contributed by atoms with Crippen molar-refractivity contribution in [2.75, 3.05) is 33.4 Å². The smallest absolute Gasteiger partial charge is 0.243 e. The Morgan fingerprint density at radius 3 is 2.33 bits per heavy atom. The molecular weight excluding hydrogens is 464 g/mol. The molecule has 2 saturated heterocycles. The van der Waals surface area contributed by atoms with Gasteiger partial charge in [-0.1, -0.05) is 12.1 Å². The molecule has 2 heterocycles. The molecule has 0 unspecified atom stereocenters. The third-order valence-corrected chi connectivity index (χ3v) is 9.83. The van der Waals surface area contributed by atoms with E-state index in [9.17, 15) is 16.8 Å². The molecule has 2 fully saturated rings. The Kier molecular flexibility index (Phi) is 7.40. The first kappa shape index (κ1) is 24.2. The van der Waals surface area contributed by atoms with Crippen LogP contribution in [0.2, 0.25) is 0 Å². The normalized spacial score (nSPS) is 19.9. The minimum atomic E-state index is -3.88. The molecule has 0 N–H and O–H groups in total. The lowest BCUT2D eigenvalue weighted by molar-refractivity contribution is 0.0926. The third-order valence-electron chi connectivity index (χ3n) is 6.09. The Bertz CT molecular complexity index is 1150. The highest BCUT2D eigenvalue weighted by Gasteiger charge is 2.31. The van der Waals surface area contributed by atoms with Gasteiger partial charge in [-0.2, -0.15) is 8.61 Å². The summed E-state index contributed by atoms with van der Waals surface area (Å²) in [5.41, 5.74) is 0.796. The maximum Gasteiger partial charge on any atom is 0.243 e. The van der Waals surface area contributed by atoms with Crippen molar-refractivity contribution in [3.8, 4) is 5.75 Å². The van der Waals surface area contributed by atoms with E-state index >= 15 is 0 Å². The van der Waals surface area contributed by atoms with Crippen LogP contribution in [-0.4, -0.2) is 64.9 Å². The standard InChI is InChI=1S/C23H30N2O6S2/c1-30-20-7-4-6-19(16-20)17-25(18-21-8-5-15-31-21)33(28,29)23-11-9-22(10-12-23)32(26,27)24-13-2-3-14-24/h4,6-7,9-12,16,21H,2-3,5,8,13-15,17-18H2,1H3/t21-/m0/s1. The summed E-state index contributed by atoms with van der Waals surface area (Å²) in [6.45, 7) is 2.01. The van der Waals surface area contributed by atoms with Gasteiger partial charge in [-0.3, -0.25) is 0 Å². The number of hydrogen-bond donors (Lipinski definition) is 0. The lowest BCUT2D eigenvalue weighted by atomic mass is 10.2. The Balaban J connectivity index is 1.60. The molecule has 2 aromatic carbocycles. The van der Waals surface area contributed by atoms with Crippen LogP contribution in [0.1, 0.15) is 31.2 Å². The van der Waals surface area contributed by atoms with E-state index in [1.54, 1.807) is 7.11 Å². The van der Waals surface area contributed by atoms with Gasteiger partial charge >= 0.3 is 0 Å². The van der Waals surface area contributed by atoms with E-state index in [0.717, 1.165) is 31.2 Å².